The fourth-order valence-corrected chi connectivity index (χ4v) is 3.40. The van der Waals surface area contributed by atoms with Gasteiger partial charge in [-0.05, 0) is 55.7 Å². The third-order valence-corrected chi connectivity index (χ3v) is 4.90. The molecule has 1 atom stereocenters. The summed E-state index contributed by atoms with van der Waals surface area (Å²) in [7, 11) is 0. The molecule has 2 aromatic carbocycles. The summed E-state index contributed by atoms with van der Waals surface area (Å²) in [5, 5.41) is 16.6. The number of aromatic nitrogens is 2. The second kappa shape index (κ2) is 8.73. The lowest BCUT2D eigenvalue weighted by Gasteiger charge is -2.19. The molecular weight excluding hydrogens is 366 g/mol. The number of nitrogens with zero attached hydrogens (tertiary/aromatic N) is 2. The van der Waals surface area contributed by atoms with Crippen LogP contribution in [0.1, 0.15) is 50.9 Å². The molecule has 3 rings (SSSR count). The second-order valence-corrected chi connectivity index (χ2v) is 7.26. The van der Waals surface area contributed by atoms with Gasteiger partial charge < -0.3 is 10.4 Å². The smallest absolute Gasteiger partial charge is 0.305 e. The van der Waals surface area contributed by atoms with Crippen molar-refractivity contribution in [2.75, 3.05) is 0 Å². The third kappa shape index (κ3) is 5.10. The maximum Gasteiger partial charge on any atom is 0.305 e. The van der Waals surface area contributed by atoms with Gasteiger partial charge in [-0.3, -0.25) is 14.3 Å². The Balaban J connectivity index is 1.74. The largest absolute Gasteiger partial charge is 0.481 e. The molecule has 0 radical (unpaired) electrons. The van der Waals surface area contributed by atoms with Crippen LogP contribution in [0.2, 0.25) is 0 Å². The second-order valence-electron chi connectivity index (χ2n) is 7.26. The Morgan fingerprint density at radius 1 is 1.07 bits per heavy atom. The summed E-state index contributed by atoms with van der Waals surface area (Å²) in [4.78, 5) is 24.0. The van der Waals surface area contributed by atoms with Crippen molar-refractivity contribution in [1.29, 1.82) is 0 Å². The highest BCUT2D eigenvalue weighted by Gasteiger charge is 2.20. The Kier molecular flexibility index (Phi) is 6.12. The van der Waals surface area contributed by atoms with Crippen molar-refractivity contribution in [3.8, 4) is 0 Å². The van der Waals surface area contributed by atoms with E-state index in [9.17, 15) is 14.7 Å². The zero-order chi connectivity index (χ0) is 21.0. The van der Waals surface area contributed by atoms with Gasteiger partial charge in [0, 0.05) is 11.3 Å². The van der Waals surface area contributed by atoms with E-state index in [1.54, 1.807) is 12.1 Å². The maximum absolute atomic E-state index is 12.7. The molecule has 150 valence electrons. The molecule has 0 saturated carbocycles. The van der Waals surface area contributed by atoms with Crippen molar-refractivity contribution >= 4 is 11.9 Å². The van der Waals surface area contributed by atoms with Gasteiger partial charge in [0.15, 0.2) is 0 Å². The van der Waals surface area contributed by atoms with Crippen molar-refractivity contribution in [3.05, 3.63) is 88.2 Å². The van der Waals surface area contributed by atoms with Crippen LogP contribution in [0, 0.1) is 20.8 Å². The number of amides is 1. The Morgan fingerprint density at radius 3 is 2.34 bits per heavy atom. The molecule has 0 bridgehead atoms. The average molecular weight is 391 g/mol. The number of carboxylic acid groups (broad SMARTS) is 1. The van der Waals surface area contributed by atoms with Gasteiger partial charge in [0.25, 0.3) is 5.91 Å². The first-order chi connectivity index (χ1) is 13.8. The van der Waals surface area contributed by atoms with Gasteiger partial charge in [0.1, 0.15) is 0 Å². The van der Waals surface area contributed by atoms with Crippen molar-refractivity contribution in [2.24, 2.45) is 0 Å². The van der Waals surface area contributed by atoms with Crippen LogP contribution in [0.5, 0.6) is 0 Å². The summed E-state index contributed by atoms with van der Waals surface area (Å²) in [5.74, 6) is -1.25. The van der Waals surface area contributed by atoms with Gasteiger partial charge in [0.05, 0.1) is 24.7 Å². The number of nitrogens with one attached hydrogen (secondary N) is 1. The highest BCUT2D eigenvalue weighted by atomic mass is 16.4. The van der Waals surface area contributed by atoms with Gasteiger partial charge in [-0.2, -0.15) is 5.10 Å². The number of hydrogen-bond acceptors (Lipinski definition) is 3. The number of carboxylic acids is 1. The van der Waals surface area contributed by atoms with Gasteiger partial charge in [-0.25, -0.2) is 0 Å². The Hall–Kier alpha value is -3.41. The van der Waals surface area contributed by atoms with Crippen LogP contribution in [0.3, 0.4) is 0 Å². The van der Waals surface area contributed by atoms with E-state index in [0.717, 1.165) is 28.1 Å². The molecular formula is C23H25N3O3. The SMILES string of the molecule is Cc1cc(C)n(Cc2ccc(C(=O)NC(CC(=O)O)c3ccccc3C)cc2)n1. The first-order valence-corrected chi connectivity index (χ1v) is 9.51. The van der Waals surface area contributed by atoms with E-state index in [1.165, 1.54) is 0 Å². The lowest BCUT2D eigenvalue weighted by Crippen LogP contribution is -2.30. The van der Waals surface area contributed by atoms with E-state index >= 15 is 0 Å². The molecule has 2 N–H and O–H groups in total. The van der Waals surface area contributed by atoms with Crippen molar-refractivity contribution in [2.45, 2.75) is 39.8 Å². The molecule has 0 spiro atoms. The number of rotatable bonds is 7. The van der Waals surface area contributed by atoms with E-state index in [-0.39, 0.29) is 12.3 Å². The Bertz CT molecular complexity index is 1020. The summed E-state index contributed by atoms with van der Waals surface area (Å²) in [6.07, 6.45) is -0.174. The number of hydrogen-bond donors (Lipinski definition) is 2. The summed E-state index contributed by atoms with van der Waals surface area (Å²) < 4.78 is 1.92. The zero-order valence-electron chi connectivity index (χ0n) is 16.8. The number of benzene rings is 2. The van der Waals surface area contributed by atoms with Crippen LogP contribution in [0.4, 0.5) is 0 Å². The van der Waals surface area contributed by atoms with Crippen molar-refractivity contribution < 1.29 is 14.7 Å². The van der Waals surface area contributed by atoms with E-state index in [4.69, 9.17) is 0 Å². The fourth-order valence-electron chi connectivity index (χ4n) is 3.40. The fraction of sp³-hybridized carbons (Fsp3) is 0.261. The molecule has 1 unspecified atom stereocenters. The molecule has 0 aliphatic carbocycles. The first-order valence-electron chi connectivity index (χ1n) is 9.51. The summed E-state index contributed by atoms with van der Waals surface area (Å²) in [6, 6.07) is 16.2. The molecule has 0 aliphatic heterocycles. The van der Waals surface area contributed by atoms with Gasteiger partial charge in [-0.1, -0.05) is 36.4 Å². The Morgan fingerprint density at radius 2 is 1.76 bits per heavy atom. The van der Waals surface area contributed by atoms with Gasteiger partial charge in [-0.15, -0.1) is 0 Å². The Labute approximate surface area is 170 Å². The number of aryl methyl sites for hydroxylation is 3. The molecule has 3 aromatic rings. The molecule has 29 heavy (non-hydrogen) atoms. The summed E-state index contributed by atoms with van der Waals surface area (Å²) in [6.45, 7) is 6.51. The summed E-state index contributed by atoms with van der Waals surface area (Å²) >= 11 is 0. The lowest BCUT2D eigenvalue weighted by molar-refractivity contribution is -0.137. The lowest BCUT2D eigenvalue weighted by atomic mass is 9.98. The molecule has 0 fully saturated rings. The molecule has 0 aliphatic rings. The van der Waals surface area contributed by atoms with Gasteiger partial charge in [0.2, 0.25) is 0 Å². The molecule has 1 amide bonds. The highest BCUT2D eigenvalue weighted by molar-refractivity contribution is 5.94. The van der Waals surface area contributed by atoms with E-state index in [2.05, 4.69) is 10.4 Å². The number of aliphatic carboxylic acids is 1. The monoisotopic (exact) mass is 391 g/mol. The molecule has 6 nitrogen and oxygen atoms in total. The van der Waals surface area contributed by atoms with Crippen molar-refractivity contribution in [1.82, 2.24) is 15.1 Å². The van der Waals surface area contributed by atoms with E-state index in [0.29, 0.717) is 12.1 Å². The van der Waals surface area contributed by atoms with Crippen LogP contribution in [-0.2, 0) is 11.3 Å². The van der Waals surface area contributed by atoms with E-state index in [1.807, 2.05) is 67.9 Å². The molecule has 6 heteroatoms. The minimum Gasteiger partial charge on any atom is -0.481 e. The third-order valence-electron chi connectivity index (χ3n) is 4.90. The predicted octanol–water partition coefficient (Wildman–Crippen LogP) is 3.80. The zero-order valence-corrected chi connectivity index (χ0v) is 16.8. The van der Waals surface area contributed by atoms with Crippen LogP contribution in [-0.4, -0.2) is 26.8 Å². The standard InChI is InChI=1S/C23H25N3O3/c1-15-6-4-5-7-20(15)21(13-22(27)28)24-23(29)19-10-8-18(9-11-19)14-26-17(3)12-16(2)25-26/h4-12,21H,13-14H2,1-3H3,(H,24,29)(H,27,28). The van der Waals surface area contributed by atoms with Crippen LogP contribution >= 0.6 is 0 Å². The topological polar surface area (TPSA) is 84.2 Å². The summed E-state index contributed by atoms with van der Waals surface area (Å²) in [5.41, 5.74) is 5.33. The number of carbonyl (C=O) groups excluding carboxylic acids is 1. The van der Waals surface area contributed by atoms with E-state index < -0.39 is 12.0 Å². The van der Waals surface area contributed by atoms with Gasteiger partial charge >= 0.3 is 5.97 Å². The normalized spacial score (nSPS) is 11.8. The molecule has 1 aromatic heterocycles. The van der Waals surface area contributed by atoms with Crippen molar-refractivity contribution in [3.63, 3.8) is 0 Å². The molecule has 1 heterocycles. The minimum absolute atomic E-state index is 0.174. The molecule has 0 saturated heterocycles. The maximum atomic E-state index is 12.7. The van der Waals surface area contributed by atoms with Crippen LogP contribution < -0.4 is 5.32 Å². The quantitative estimate of drug-likeness (QED) is 0.642. The highest BCUT2D eigenvalue weighted by Crippen LogP contribution is 2.21. The predicted molar refractivity (Wildman–Crippen MR) is 111 cm³/mol. The van der Waals surface area contributed by atoms with Crippen LogP contribution in [0.15, 0.2) is 54.6 Å². The number of carbonyl (C=O) groups is 2. The average Bonchev–Trinajstić information content (AvgIpc) is 2.98. The minimum atomic E-state index is -0.959. The van der Waals surface area contributed by atoms with Crippen LogP contribution in [0.25, 0.3) is 0 Å². The first kappa shape index (κ1) is 20.3.